The maximum Gasteiger partial charge on any atom is 0.354 e. The van der Waals surface area contributed by atoms with Crippen molar-refractivity contribution in [3.63, 3.8) is 0 Å². The highest BCUT2D eigenvalue weighted by Crippen LogP contribution is 2.16. The molecule has 1 saturated heterocycles. The summed E-state index contributed by atoms with van der Waals surface area (Å²) in [4.78, 5) is 14.8. The van der Waals surface area contributed by atoms with Crippen molar-refractivity contribution in [3.05, 3.63) is 29.6 Å². The van der Waals surface area contributed by atoms with E-state index in [9.17, 15) is 9.00 Å². The van der Waals surface area contributed by atoms with E-state index < -0.39 is 16.8 Å². The zero-order valence-corrected chi connectivity index (χ0v) is 10.7. The number of hydrogen-bond donors (Lipinski definition) is 1. The average molecular weight is 269 g/mol. The van der Waals surface area contributed by atoms with Crippen LogP contribution in [0, 0.1) is 0 Å². The highest BCUT2D eigenvalue weighted by atomic mass is 32.2. The quantitative estimate of drug-likeness (QED) is 0.889. The SMILES string of the molecule is O=C(O)c1cccc(CS(=O)C2CCOCC2)n1. The van der Waals surface area contributed by atoms with Crippen LogP contribution in [-0.2, 0) is 21.3 Å². The van der Waals surface area contributed by atoms with E-state index in [0.29, 0.717) is 24.7 Å². The summed E-state index contributed by atoms with van der Waals surface area (Å²) in [6.07, 6.45) is 1.59. The first kappa shape index (κ1) is 13.2. The van der Waals surface area contributed by atoms with Crippen molar-refractivity contribution in [2.45, 2.75) is 23.8 Å². The monoisotopic (exact) mass is 269 g/mol. The fourth-order valence-corrected chi connectivity index (χ4v) is 3.29. The van der Waals surface area contributed by atoms with Gasteiger partial charge in [-0.3, -0.25) is 4.21 Å². The molecule has 1 aromatic rings. The van der Waals surface area contributed by atoms with Gasteiger partial charge in [0.25, 0.3) is 0 Å². The first-order chi connectivity index (χ1) is 8.66. The largest absolute Gasteiger partial charge is 0.477 e. The number of carbonyl (C=O) groups is 1. The van der Waals surface area contributed by atoms with Crippen molar-refractivity contribution in [2.75, 3.05) is 13.2 Å². The fourth-order valence-electron chi connectivity index (χ4n) is 1.88. The van der Waals surface area contributed by atoms with Crippen LogP contribution in [0.3, 0.4) is 0 Å². The highest BCUT2D eigenvalue weighted by molar-refractivity contribution is 7.84. The van der Waals surface area contributed by atoms with Gasteiger partial charge in [0.15, 0.2) is 0 Å². The summed E-state index contributed by atoms with van der Waals surface area (Å²) in [5, 5.41) is 8.97. The molecule has 0 saturated carbocycles. The lowest BCUT2D eigenvalue weighted by Crippen LogP contribution is -2.26. The molecule has 0 spiro atoms. The van der Waals surface area contributed by atoms with Gasteiger partial charge in [-0.05, 0) is 25.0 Å². The van der Waals surface area contributed by atoms with Gasteiger partial charge in [-0.1, -0.05) is 6.07 Å². The summed E-state index contributed by atoms with van der Waals surface area (Å²) in [6.45, 7) is 1.30. The molecule has 5 nitrogen and oxygen atoms in total. The van der Waals surface area contributed by atoms with E-state index in [1.807, 2.05) is 0 Å². The van der Waals surface area contributed by atoms with Crippen LogP contribution in [0.2, 0.25) is 0 Å². The van der Waals surface area contributed by atoms with Crippen LogP contribution >= 0.6 is 0 Å². The molecule has 98 valence electrons. The molecular weight excluding hydrogens is 254 g/mol. The third-order valence-corrected chi connectivity index (χ3v) is 4.65. The van der Waals surface area contributed by atoms with Gasteiger partial charge < -0.3 is 9.84 Å². The molecule has 1 unspecified atom stereocenters. The molecule has 1 aliphatic rings. The molecule has 2 rings (SSSR count). The Labute approximate surface area is 108 Å². The molecule has 1 N–H and O–H groups in total. The van der Waals surface area contributed by atoms with Crippen LogP contribution in [-0.4, -0.2) is 38.7 Å². The molecule has 0 aliphatic carbocycles. The standard InChI is InChI=1S/C12H15NO4S/c14-12(15)11-3-1-2-9(13-11)8-18(16)10-4-6-17-7-5-10/h1-3,10H,4-8H2,(H,14,15). The van der Waals surface area contributed by atoms with E-state index in [1.165, 1.54) is 6.07 Å². The Kier molecular flexibility index (Phi) is 4.43. The Balaban J connectivity index is 2.02. The van der Waals surface area contributed by atoms with Crippen LogP contribution in [0.15, 0.2) is 18.2 Å². The number of hydrogen-bond acceptors (Lipinski definition) is 4. The molecule has 1 fully saturated rings. The second-order valence-electron chi connectivity index (χ2n) is 4.16. The van der Waals surface area contributed by atoms with Gasteiger partial charge in [-0.2, -0.15) is 0 Å². The minimum Gasteiger partial charge on any atom is -0.477 e. The van der Waals surface area contributed by atoms with Gasteiger partial charge in [0.1, 0.15) is 5.69 Å². The average Bonchev–Trinajstić information content (AvgIpc) is 2.40. The van der Waals surface area contributed by atoms with Gasteiger partial charge in [-0.25, -0.2) is 9.78 Å². The van der Waals surface area contributed by atoms with E-state index in [1.54, 1.807) is 12.1 Å². The molecule has 1 aliphatic heterocycles. The summed E-state index contributed by atoms with van der Waals surface area (Å²) in [6, 6.07) is 4.78. The second-order valence-corrected chi connectivity index (χ2v) is 5.87. The normalized spacial score (nSPS) is 18.4. The third-order valence-electron chi connectivity index (χ3n) is 2.86. The van der Waals surface area contributed by atoms with Gasteiger partial charge in [0.05, 0.1) is 11.4 Å². The molecule has 18 heavy (non-hydrogen) atoms. The van der Waals surface area contributed by atoms with E-state index >= 15 is 0 Å². The predicted octanol–water partition coefficient (Wildman–Crippen LogP) is 1.21. The minimum absolute atomic E-state index is 0.00326. The topological polar surface area (TPSA) is 76.5 Å². The lowest BCUT2D eigenvalue weighted by molar-refractivity contribution is 0.0690. The molecular formula is C12H15NO4S. The van der Waals surface area contributed by atoms with Gasteiger partial charge in [0, 0.05) is 29.3 Å². The highest BCUT2D eigenvalue weighted by Gasteiger charge is 2.20. The van der Waals surface area contributed by atoms with Gasteiger partial charge in [0.2, 0.25) is 0 Å². The Morgan fingerprint density at radius 3 is 2.83 bits per heavy atom. The van der Waals surface area contributed by atoms with Crippen molar-refractivity contribution >= 4 is 16.8 Å². The number of aromatic carboxylic acids is 1. The van der Waals surface area contributed by atoms with E-state index in [4.69, 9.17) is 9.84 Å². The van der Waals surface area contributed by atoms with Gasteiger partial charge in [-0.15, -0.1) is 0 Å². The molecule has 0 radical (unpaired) electrons. The maximum atomic E-state index is 12.1. The lowest BCUT2D eigenvalue weighted by Gasteiger charge is -2.21. The number of rotatable bonds is 4. The van der Waals surface area contributed by atoms with Crippen molar-refractivity contribution < 1.29 is 18.8 Å². The zero-order chi connectivity index (χ0) is 13.0. The number of nitrogens with zero attached hydrogens (tertiary/aromatic N) is 1. The third kappa shape index (κ3) is 3.36. The first-order valence-electron chi connectivity index (χ1n) is 5.81. The van der Waals surface area contributed by atoms with E-state index in [2.05, 4.69) is 4.98 Å². The Hall–Kier alpha value is -1.27. The summed E-state index contributed by atoms with van der Waals surface area (Å²) in [5.41, 5.74) is 0.566. The summed E-state index contributed by atoms with van der Waals surface area (Å²) in [5.74, 6) is -0.750. The Bertz CT molecular complexity index is 457. The van der Waals surface area contributed by atoms with E-state index in [-0.39, 0.29) is 10.9 Å². The first-order valence-corrected chi connectivity index (χ1v) is 7.19. The van der Waals surface area contributed by atoms with Crippen molar-refractivity contribution in [1.82, 2.24) is 4.98 Å². The minimum atomic E-state index is -1.06. The van der Waals surface area contributed by atoms with Gasteiger partial charge >= 0.3 is 5.97 Å². The zero-order valence-electron chi connectivity index (χ0n) is 9.87. The number of carboxylic acids is 1. The molecule has 1 aromatic heterocycles. The maximum absolute atomic E-state index is 12.1. The summed E-state index contributed by atoms with van der Waals surface area (Å²) in [7, 11) is -1.01. The Morgan fingerprint density at radius 2 is 2.17 bits per heavy atom. The van der Waals surface area contributed by atoms with Crippen LogP contribution in [0.1, 0.15) is 29.0 Å². The van der Waals surface area contributed by atoms with Crippen molar-refractivity contribution in [1.29, 1.82) is 0 Å². The van der Waals surface area contributed by atoms with Crippen molar-refractivity contribution in [2.24, 2.45) is 0 Å². The second kappa shape index (κ2) is 6.06. The van der Waals surface area contributed by atoms with Crippen LogP contribution in [0.25, 0.3) is 0 Å². The van der Waals surface area contributed by atoms with Crippen LogP contribution in [0.4, 0.5) is 0 Å². The molecule has 2 heterocycles. The number of aromatic nitrogens is 1. The van der Waals surface area contributed by atoms with Crippen molar-refractivity contribution in [3.8, 4) is 0 Å². The summed E-state index contributed by atoms with van der Waals surface area (Å²) < 4.78 is 17.3. The predicted molar refractivity (Wildman–Crippen MR) is 66.9 cm³/mol. The smallest absolute Gasteiger partial charge is 0.354 e. The fraction of sp³-hybridized carbons (Fsp3) is 0.500. The molecule has 0 amide bonds. The van der Waals surface area contributed by atoms with Crippen LogP contribution < -0.4 is 0 Å². The molecule has 0 bridgehead atoms. The molecule has 1 atom stereocenters. The summed E-state index contributed by atoms with van der Waals surface area (Å²) >= 11 is 0. The Morgan fingerprint density at radius 1 is 1.44 bits per heavy atom. The number of pyridine rings is 1. The molecule has 6 heteroatoms. The number of carboxylic acid groups (broad SMARTS) is 1. The molecule has 0 aromatic carbocycles. The lowest BCUT2D eigenvalue weighted by atomic mass is 10.2. The van der Waals surface area contributed by atoms with Crippen LogP contribution in [0.5, 0.6) is 0 Å². The van der Waals surface area contributed by atoms with E-state index in [0.717, 1.165) is 12.8 Å². The number of ether oxygens (including phenoxy) is 1.